The molecule has 2 fully saturated rings. The highest BCUT2D eigenvalue weighted by Gasteiger charge is 2.51. The first-order valence-corrected chi connectivity index (χ1v) is 13.3. The molecule has 1 N–H and O–H groups in total. The van der Waals surface area contributed by atoms with E-state index in [2.05, 4.69) is 46.2 Å². The summed E-state index contributed by atoms with van der Waals surface area (Å²) < 4.78 is 0. The van der Waals surface area contributed by atoms with Crippen molar-refractivity contribution in [3.05, 3.63) is 64.7 Å². The molecule has 1 saturated carbocycles. The molecule has 2 aromatic rings. The van der Waals surface area contributed by atoms with Gasteiger partial charge in [0, 0.05) is 82.5 Å². The van der Waals surface area contributed by atoms with Gasteiger partial charge >= 0.3 is 0 Å². The number of aliphatic hydroxyl groups is 1. The first-order chi connectivity index (χ1) is 17.4. The molecule has 4 aliphatic rings. The number of rotatable bonds is 5. The van der Waals surface area contributed by atoms with Crippen LogP contribution in [0.3, 0.4) is 0 Å². The number of benzene rings is 2. The Hall–Kier alpha value is -2.90. The van der Waals surface area contributed by atoms with E-state index < -0.39 is 6.10 Å². The number of aliphatic hydroxyl groups excluding tert-OH is 1. The van der Waals surface area contributed by atoms with Crippen LogP contribution in [0.5, 0.6) is 0 Å². The summed E-state index contributed by atoms with van der Waals surface area (Å²) in [6.07, 6.45) is 2.62. The second-order valence-electron chi connectivity index (χ2n) is 11.1. The topological polar surface area (TPSA) is 67.3 Å². The highest BCUT2D eigenvalue weighted by atomic mass is 16.3. The highest BCUT2D eigenvalue weighted by molar-refractivity contribution is 5.98. The van der Waals surface area contributed by atoms with Gasteiger partial charge in [-0.3, -0.25) is 14.5 Å². The zero-order chi connectivity index (χ0) is 24.9. The molecule has 3 heterocycles. The molecule has 1 spiro atoms. The number of β-amino-alcohol motifs (C(OH)–C–C–N with tert-alkyl or cyclic N) is 1. The zero-order valence-corrected chi connectivity index (χ0v) is 21.2. The van der Waals surface area contributed by atoms with Crippen LogP contribution in [-0.2, 0) is 23.2 Å². The van der Waals surface area contributed by atoms with Crippen molar-refractivity contribution in [2.75, 3.05) is 57.3 Å². The molecule has 190 valence electrons. The lowest BCUT2D eigenvalue weighted by atomic mass is 9.85. The number of nitrogens with zero attached hydrogens (tertiary/aromatic N) is 4. The van der Waals surface area contributed by atoms with E-state index in [4.69, 9.17) is 0 Å². The minimum Gasteiger partial charge on any atom is -0.390 e. The second kappa shape index (κ2) is 9.20. The van der Waals surface area contributed by atoms with Crippen molar-refractivity contribution in [3.63, 3.8) is 0 Å². The number of amides is 2. The van der Waals surface area contributed by atoms with Crippen LogP contribution in [-0.4, -0.2) is 90.1 Å². The molecule has 0 radical (unpaired) electrons. The van der Waals surface area contributed by atoms with E-state index in [0.717, 1.165) is 69.8 Å². The quantitative estimate of drug-likeness (QED) is 0.700. The van der Waals surface area contributed by atoms with Crippen LogP contribution in [0.4, 0.5) is 5.69 Å². The number of fused-ring (bicyclic) bond motifs is 3. The number of hydrogen-bond acceptors (Lipinski definition) is 5. The number of anilines is 1. The fourth-order valence-electron chi connectivity index (χ4n) is 6.37. The summed E-state index contributed by atoms with van der Waals surface area (Å²) in [5, 5.41) is 11.0. The van der Waals surface area contributed by atoms with Crippen molar-refractivity contribution < 1.29 is 14.7 Å². The molecule has 3 aliphatic heterocycles. The lowest BCUT2D eigenvalue weighted by Gasteiger charge is -2.39. The summed E-state index contributed by atoms with van der Waals surface area (Å²) >= 11 is 0. The fraction of sp³-hybridized carbons (Fsp3) is 0.517. The normalized spacial score (nSPS) is 21.8. The van der Waals surface area contributed by atoms with Crippen molar-refractivity contribution in [2.24, 2.45) is 0 Å². The van der Waals surface area contributed by atoms with Gasteiger partial charge in [-0.1, -0.05) is 24.3 Å². The molecule has 0 unspecified atom stereocenters. The van der Waals surface area contributed by atoms with Crippen LogP contribution in [0.1, 0.15) is 46.8 Å². The molecule has 7 heteroatoms. The van der Waals surface area contributed by atoms with E-state index >= 15 is 0 Å². The maximum absolute atomic E-state index is 13.5. The molecule has 0 aromatic heterocycles. The van der Waals surface area contributed by atoms with E-state index in [0.29, 0.717) is 19.6 Å². The minimum absolute atomic E-state index is 0.0320. The third-order valence-electron chi connectivity index (χ3n) is 8.64. The number of carbonyl (C=O) groups is 2. The molecule has 2 aromatic carbocycles. The molecule has 7 nitrogen and oxygen atoms in total. The smallest absolute Gasteiger partial charge is 0.254 e. The van der Waals surface area contributed by atoms with Crippen LogP contribution in [0.2, 0.25) is 0 Å². The van der Waals surface area contributed by atoms with Gasteiger partial charge in [0.05, 0.1) is 6.10 Å². The molecule has 1 saturated heterocycles. The third-order valence-corrected chi connectivity index (χ3v) is 8.64. The Morgan fingerprint density at radius 1 is 1.00 bits per heavy atom. The predicted octanol–water partition coefficient (Wildman–Crippen LogP) is 2.26. The van der Waals surface area contributed by atoms with Gasteiger partial charge in [-0.2, -0.15) is 0 Å². The summed E-state index contributed by atoms with van der Waals surface area (Å²) in [5.41, 5.74) is 5.90. The first kappa shape index (κ1) is 23.5. The third kappa shape index (κ3) is 4.39. The van der Waals surface area contributed by atoms with Gasteiger partial charge < -0.3 is 19.8 Å². The molecular weight excluding hydrogens is 452 g/mol. The molecule has 0 bridgehead atoms. The van der Waals surface area contributed by atoms with Crippen LogP contribution in [0, 0.1) is 0 Å². The monoisotopic (exact) mass is 488 g/mol. The molecule has 2 amide bonds. The zero-order valence-electron chi connectivity index (χ0n) is 21.2. The average Bonchev–Trinajstić information content (AvgIpc) is 3.67. The van der Waals surface area contributed by atoms with Crippen molar-refractivity contribution in [2.45, 2.75) is 44.2 Å². The maximum Gasteiger partial charge on any atom is 0.254 e. The van der Waals surface area contributed by atoms with Gasteiger partial charge in [0.15, 0.2) is 0 Å². The van der Waals surface area contributed by atoms with Gasteiger partial charge in [0.2, 0.25) is 5.91 Å². The first-order valence-electron chi connectivity index (χ1n) is 13.3. The highest BCUT2D eigenvalue weighted by Crippen LogP contribution is 2.53. The van der Waals surface area contributed by atoms with E-state index in [1.165, 1.54) is 16.7 Å². The Balaban J connectivity index is 1.12. The molecule has 36 heavy (non-hydrogen) atoms. The van der Waals surface area contributed by atoms with E-state index in [1.807, 2.05) is 15.9 Å². The lowest BCUT2D eigenvalue weighted by molar-refractivity contribution is -0.129. The van der Waals surface area contributed by atoms with Crippen molar-refractivity contribution >= 4 is 17.5 Å². The largest absolute Gasteiger partial charge is 0.390 e. The summed E-state index contributed by atoms with van der Waals surface area (Å²) in [7, 11) is 0. The van der Waals surface area contributed by atoms with Crippen LogP contribution in [0.15, 0.2) is 42.5 Å². The standard InChI is InChI=1S/C29H36N4O3/c1-21(34)31-12-14-32(15-13-31)24-6-7-26-27(16-24)29(9-10-29)20-33(28(26)36)19-25(35)18-30-11-8-22-4-2-3-5-23(22)17-30/h2-7,16,25,35H,8-15,17-20H2,1H3/t25-/m1/s1. The van der Waals surface area contributed by atoms with Crippen molar-refractivity contribution in [1.29, 1.82) is 0 Å². The summed E-state index contributed by atoms with van der Waals surface area (Å²) in [6, 6.07) is 14.8. The average molecular weight is 489 g/mol. The van der Waals surface area contributed by atoms with Crippen LogP contribution < -0.4 is 4.90 Å². The molecule has 1 atom stereocenters. The van der Waals surface area contributed by atoms with E-state index in [9.17, 15) is 14.7 Å². The molecular formula is C29H36N4O3. The summed E-state index contributed by atoms with van der Waals surface area (Å²) in [5.74, 6) is 0.175. The summed E-state index contributed by atoms with van der Waals surface area (Å²) in [4.78, 5) is 33.6. The Bertz CT molecular complexity index is 1170. The lowest BCUT2D eigenvalue weighted by Crippen LogP contribution is -2.49. The minimum atomic E-state index is -0.562. The van der Waals surface area contributed by atoms with Gasteiger partial charge in [0.1, 0.15) is 0 Å². The van der Waals surface area contributed by atoms with Crippen LogP contribution >= 0.6 is 0 Å². The predicted molar refractivity (Wildman–Crippen MR) is 139 cm³/mol. The number of hydrogen-bond donors (Lipinski definition) is 1. The fourth-order valence-corrected chi connectivity index (χ4v) is 6.37. The maximum atomic E-state index is 13.5. The Kier molecular flexibility index (Phi) is 6.00. The van der Waals surface area contributed by atoms with Crippen molar-refractivity contribution in [1.82, 2.24) is 14.7 Å². The van der Waals surface area contributed by atoms with E-state index in [1.54, 1.807) is 6.92 Å². The molecule has 1 aliphatic carbocycles. The summed E-state index contributed by atoms with van der Waals surface area (Å²) in [6.45, 7) is 8.21. The van der Waals surface area contributed by atoms with Crippen molar-refractivity contribution in [3.8, 4) is 0 Å². The molecule has 6 rings (SSSR count). The second-order valence-corrected chi connectivity index (χ2v) is 11.1. The Morgan fingerprint density at radius 3 is 2.47 bits per heavy atom. The van der Waals surface area contributed by atoms with Gasteiger partial charge in [-0.15, -0.1) is 0 Å². The number of carbonyl (C=O) groups excluding carboxylic acids is 2. The van der Waals surface area contributed by atoms with Crippen LogP contribution in [0.25, 0.3) is 0 Å². The Morgan fingerprint density at radius 2 is 1.75 bits per heavy atom. The Labute approximate surface area is 213 Å². The van der Waals surface area contributed by atoms with Gasteiger partial charge in [0.25, 0.3) is 5.91 Å². The number of piperazine rings is 1. The van der Waals surface area contributed by atoms with E-state index in [-0.39, 0.29) is 17.2 Å². The van der Waals surface area contributed by atoms with Gasteiger partial charge in [-0.05, 0) is 54.2 Å². The SMILES string of the molecule is CC(=O)N1CCN(c2ccc3c(c2)C2(CC2)CN(C[C@H](O)CN2CCc4ccccc4C2)C3=O)CC1. The van der Waals surface area contributed by atoms with Gasteiger partial charge in [-0.25, -0.2) is 0 Å².